The van der Waals surface area contributed by atoms with E-state index in [1.807, 2.05) is 13.8 Å². The van der Waals surface area contributed by atoms with Crippen molar-refractivity contribution in [2.45, 2.75) is 77.3 Å². The SMILES string of the molecule is CC(C)CC(CC(=O)ON1C(=O)CCC1=O)NC(=O)[C@@H]1C[C@@H](NC(=O)c2ccc3c(c2)B(O)OC3)CN1C(=O)c1ccc2c(c1)B(O)OC2. The topological polar surface area (TPSA) is 201 Å². The lowest BCUT2D eigenvalue weighted by molar-refractivity contribution is -0.197. The first-order valence-corrected chi connectivity index (χ1v) is 16.2. The Labute approximate surface area is 282 Å². The molecule has 49 heavy (non-hydrogen) atoms. The minimum absolute atomic E-state index is 0.0223. The summed E-state index contributed by atoms with van der Waals surface area (Å²) in [7, 11) is -2.33. The number of imide groups is 1. The van der Waals surface area contributed by atoms with Gasteiger partial charge < -0.3 is 39.7 Å². The lowest BCUT2D eigenvalue weighted by Crippen LogP contribution is -2.50. The van der Waals surface area contributed by atoms with E-state index in [-0.39, 0.29) is 62.5 Å². The van der Waals surface area contributed by atoms with Gasteiger partial charge in [-0.3, -0.25) is 24.0 Å². The van der Waals surface area contributed by atoms with E-state index < -0.39 is 67.9 Å². The molecule has 15 nitrogen and oxygen atoms in total. The second-order valence-electron chi connectivity index (χ2n) is 13.1. The molecule has 256 valence electrons. The molecular formula is C32H36B2N4O11. The number of hydrogen-bond donors (Lipinski definition) is 4. The molecule has 4 heterocycles. The van der Waals surface area contributed by atoms with Crippen molar-refractivity contribution in [3.8, 4) is 0 Å². The summed E-state index contributed by atoms with van der Waals surface area (Å²) < 4.78 is 10.5. The molecule has 1 unspecified atom stereocenters. The number of fused-ring (bicyclic) bond motifs is 2. The third-order valence-corrected chi connectivity index (χ3v) is 9.04. The lowest BCUT2D eigenvalue weighted by Gasteiger charge is -2.27. The van der Waals surface area contributed by atoms with Crippen molar-refractivity contribution < 1.29 is 53.0 Å². The van der Waals surface area contributed by atoms with Crippen molar-refractivity contribution in [3.63, 3.8) is 0 Å². The Balaban J connectivity index is 1.20. The van der Waals surface area contributed by atoms with Crippen molar-refractivity contribution in [2.75, 3.05) is 6.54 Å². The van der Waals surface area contributed by atoms with E-state index in [0.717, 1.165) is 11.1 Å². The largest absolute Gasteiger partial charge is 0.491 e. The van der Waals surface area contributed by atoms with Crippen LogP contribution >= 0.6 is 0 Å². The maximum absolute atomic E-state index is 14.0. The molecule has 3 atom stereocenters. The maximum atomic E-state index is 14.0. The van der Waals surface area contributed by atoms with Crippen molar-refractivity contribution in [1.29, 1.82) is 0 Å². The number of rotatable bonds is 10. The predicted molar refractivity (Wildman–Crippen MR) is 172 cm³/mol. The zero-order valence-electron chi connectivity index (χ0n) is 27.0. The van der Waals surface area contributed by atoms with Crippen LogP contribution in [-0.2, 0) is 46.5 Å². The van der Waals surface area contributed by atoms with Gasteiger partial charge in [-0.05, 0) is 65.1 Å². The summed E-state index contributed by atoms with van der Waals surface area (Å²) >= 11 is 0. The Kier molecular flexibility index (Phi) is 9.88. The van der Waals surface area contributed by atoms with Crippen molar-refractivity contribution in [2.24, 2.45) is 5.92 Å². The van der Waals surface area contributed by atoms with Gasteiger partial charge in [-0.2, -0.15) is 0 Å². The fourth-order valence-corrected chi connectivity index (χ4v) is 6.61. The fraction of sp³-hybridized carbons (Fsp3) is 0.438. The molecule has 2 saturated heterocycles. The zero-order valence-corrected chi connectivity index (χ0v) is 27.0. The second-order valence-corrected chi connectivity index (χ2v) is 13.1. The van der Waals surface area contributed by atoms with Crippen LogP contribution in [-0.4, -0.2) is 94.4 Å². The van der Waals surface area contributed by atoms with E-state index in [1.165, 1.54) is 11.0 Å². The van der Waals surface area contributed by atoms with Crippen LogP contribution in [0.5, 0.6) is 0 Å². The molecule has 4 N–H and O–H groups in total. The van der Waals surface area contributed by atoms with E-state index in [4.69, 9.17) is 14.1 Å². The molecule has 2 aromatic rings. The number of amides is 5. The molecule has 2 aromatic carbocycles. The van der Waals surface area contributed by atoms with E-state index in [2.05, 4.69) is 10.6 Å². The highest BCUT2D eigenvalue weighted by Crippen LogP contribution is 2.24. The first-order valence-electron chi connectivity index (χ1n) is 16.2. The van der Waals surface area contributed by atoms with Crippen LogP contribution in [0, 0.1) is 5.92 Å². The van der Waals surface area contributed by atoms with Gasteiger partial charge in [0.15, 0.2) is 0 Å². The minimum atomic E-state index is -1.19. The average molecular weight is 674 g/mol. The number of hydroxylamine groups is 2. The molecule has 4 aliphatic rings. The van der Waals surface area contributed by atoms with Gasteiger partial charge in [-0.1, -0.05) is 26.0 Å². The quantitative estimate of drug-likeness (QED) is 0.172. The minimum Gasteiger partial charge on any atom is -0.423 e. The summed E-state index contributed by atoms with van der Waals surface area (Å²) in [5.74, 6) is -3.64. The number of carbonyl (C=O) groups is 6. The highest BCUT2D eigenvalue weighted by Gasteiger charge is 2.42. The zero-order chi connectivity index (χ0) is 35.0. The molecule has 2 fully saturated rings. The smallest absolute Gasteiger partial charge is 0.423 e. The Morgan fingerprint density at radius 2 is 1.53 bits per heavy atom. The summed E-state index contributed by atoms with van der Waals surface area (Å²) in [6.07, 6.45) is -0.0496. The number of hydrogen-bond acceptors (Lipinski definition) is 11. The average Bonchev–Trinajstić information content (AvgIpc) is 3.83. The molecular weight excluding hydrogens is 638 g/mol. The van der Waals surface area contributed by atoms with Crippen LogP contribution < -0.4 is 21.6 Å². The number of carbonyl (C=O) groups excluding carboxylic acids is 6. The number of likely N-dealkylation sites (tertiary alicyclic amines) is 1. The van der Waals surface area contributed by atoms with Gasteiger partial charge >= 0.3 is 20.2 Å². The van der Waals surface area contributed by atoms with Gasteiger partial charge in [0.25, 0.3) is 23.6 Å². The Morgan fingerprint density at radius 1 is 0.939 bits per heavy atom. The van der Waals surface area contributed by atoms with Gasteiger partial charge in [-0.15, -0.1) is 5.06 Å². The van der Waals surface area contributed by atoms with Crippen LogP contribution in [0.1, 0.15) is 77.8 Å². The van der Waals surface area contributed by atoms with E-state index >= 15 is 0 Å². The molecule has 0 spiro atoms. The Hall–Kier alpha value is -4.57. The third kappa shape index (κ3) is 7.39. The molecule has 17 heteroatoms. The number of benzene rings is 2. The highest BCUT2D eigenvalue weighted by atomic mass is 16.7. The maximum Gasteiger partial charge on any atom is 0.491 e. The molecule has 0 aromatic heterocycles. The van der Waals surface area contributed by atoms with Gasteiger partial charge in [0.1, 0.15) is 6.04 Å². The van der Waals surface area contributed by atoms with E-state index in [0.29, 0.717) is 22.4 Å². The Morgan fingerprint density at radius 3 is 2.14 bits per heavy atom. The first-order chi connectivity index (χ1) is 23.4. The van der Waals surface area contributed by atoms with Gasteiger partial charge in [-0.25, -0.2) is 4.79 Å². The summed E-state index contributed by atoms with van der Waals surface area (Å²) in [6, 6.07) is 7.16. The monoisotopic (exact) mass is 674 g/mol. The van der Waals surface area contributed by atoms with Gasteiger partial charge in [0.2, 0.25) is 5.91 Å². The Bertz CT molecular complexity index is 1690. The van der Waals surface area contributed by atoms with Crippen molar-refractivity contribution in [3.05, 3.63) is 58.7 Å². The molecule has 0 aliphatic carbocycles. The molecule has 0 bridgehead atoms. The van der Waals surface area contributed by atoms with E-state index in [1.54, 1.807) is 30.3 Å². The van der Waals surface area contributed by atoms with Crippen LogP contribution in [0.4, 0.5) is 0 Å². The third-order valence-electron chi connectivity index (χ3n) is 9.04. The van der Waals surface area contributed by atoms with Crippen LogP contribution in [0.2, 0.25) is 0 Å². The van der Waals surface area contributed by atoms with E-state index in [9.17, 15) is 38.8 Å². The molecule has 6 rings (SSSR count). The normalized spacial score (nSPS) is 20.5. The fourth-order valence-electron chi connectivity index (χ4n) is 6.61. The highest BCUT2D eigenvalue weighted by molar-refractivity contribution is 6.62. The van der Waals surface area contributed by atoms with Gasteiger partial charge in [0.05, 0.1) is 19.6 Å². The molecule has 4 aliphatic heterocycles. The molecule has 5 amide bonds. The second kappa shape index (κ2) is 14.1. The van der Waals surface area contributed by atoms with Crippen LogP contribution in [0.25, 0.3) is 0 Å². The number of nitrogens with one attached hydrogen (secondary N) is 2. The summed E-state index contributed by atoms with van der Waals surface area (Å²) in [4.78, 5) is 84.3. The van der Waals surface area contributed by atoms with Crippen LogP contribution in [0.3, 0.4) is 0 Å². The van der Waals surface area contributed by atoms with Crippen LogP contribution in [0.15, 0.2) is 36.4 Å². The summed E-state index contributed by atoms with van der Waals surface area (Å²) in [5.41, 5.74) is 2.92. The van der Waals surface area contributed by atoms with Gasteiger partial charge in [0, 0.05) is 42.6 Å². The van der Waals surface area contributed by atoms with Crippen molar-refractivity contribution >= 4 is 60.7 Å². The standard InChI is InChI=1S/C32H36B2N4O11/c1-17(2)9-22(13-29(41)49-38-27(39)7-8-28(38)40)35-31(43)26-12-23(36-30(42)18-3-5-20-15-47-33(45)24(20)10-18)14-37(26)32(44)19-4-6-21-16-48-34(46)25(21)11-19/h3-6,10-11,17,22-23,26,45-46H,7-9,12-16H2,1-2H3,(H,35,43)(H,36,42)/t22?,23-,26+/m1/s1. The number of nitrogens with zero attached hydrogens (tertiary/aromatic N) is 2. The predicted octanol–water partition coefficient (Wildman–Crippen LogP) is -1.34. The summed E-state index contributed by atoms with van der Waals surface area (Å²) in [5, 5.41) is 26.5. The molecule has 0 radical (unpaired) electrons. The molecule has 0 saturated carbocycles. The van der Waals surface area contributed by atoms with Crippen molar-refractivity contribution in [1.82, 2.24) is 20.6 Å². The first kappa shape index (κ1) is 34.3. The lowest BCUT2D eigenvalue weighted by atomic mass is 9.78. The summed E-state index contributed by atoms with van der Waals surface area (Å²) in [6.45, 7) is 4.19.